The maximum absolute atomic E-state index is 6.18. The Balaban J connectivity index is 1.79. The number of nitrogens with two attached hydrogens (primary N) is 1. The van der Waals surface area contributed by atoms with Crippen molar-refractivity contribution >= 4 is 15.9 Å². The van der Waals surface area contributed by atoms with Crippen LogP contribution in [-0.4, -0.2) is 12.6 Å². The highest BCUT2D eigenvalue weighted by Gasteiger charge is 2.22. The minimum absolute atomic E-state index is 0.397. The van der Waals surface area contributed by atoms with Crippen LogP contribution in [0.4, 0.5) is 0 Å². The monoisotopic (exact) mass is 323 g/mol. The zero-order chi connectivity index (χ0) is 13.2. The number of rotatable bonds is 2. The molecular weight excluding hydrogens is 302 g/mol. The Bertz CT molecular complexity index is 460. The summed E-state index contributed by atoms with van der Waals surface area (Å²) in [6, 6.07) is 4.83. The van der Waals surface area contributed by atoms with Crippen LogP contribution in [0.25, 0.3) is 0 Å². The summed E-state index contributed by atoms with van der Waals surface area (Å²) in [5.41, 5.74) is 8.92. The molecule has 1 aromatic rings. The molecule has 2 nitrogen and oxygen atoms in total. The molecule has 2 aliphatic rings. The molecule has 3 heteroatoms. The highest BCUT2D eigenvalue weighted by Crippen LogP contribution is 2.36. The lowest BCUT2D eigenvalue weighted by atomic mass is 9.90. The highest BCUT2D eigenvalue weighted by atomic mass is 79.9. The van der Waals surface area contributed by atoms with Gasteiger partial charge in [0.1, 0.15) is 5.75 Å². The topological polar surface area (TPSA) is 35.2 Å². The van der Waals surface area contributed by atoms with E-state index in [0.29, 0.717) is 6.04 Å². The zero-order valence-electron chi connectivity index (χ0n) is 11.3. The van der Waals surface area contributed by atoms with Crippen LogP contribution >= 0.6 is 15.9 Å². The molecule has 0 spiro atoms. The first-order chi connectivity index (χ1) is 9.22. The Kier molecular flexibility index (Phi) is 4.13. The number of fused-ring (bicyclic) bond motifs is 1. The second kappa shape index (κ2) is 5.84. The Labute approximate surface area is 123 Å². The van der Waals surface area contributed by atoms with Crippen molar-refractivity contribution in [1.29, 1.82) is 0 Å². The summed E-state index contributed by atoms with van der Waals surface area (Å²) < 4.78 is 7.02. The maximum Gasteiger partial charge on any atom is 0.125 e. The van der Waals surface area contributed by atoms with Crippen LogP contribution in [0, 0.1) is 5.92 Å². The largest absolute Gasteiger partial charge is 0.493 e. The first-order valence-corrected chi connectivity index (χ1v) is 8.21. The smallest absolute Gasteiger partial charge is 0.125 e. The summed E-state index contributed by atoms with van der Waals surface area (Å²) in [6.45, 7) is 0.836. The van der Waals surface area contributed by atoms with Crippen molar-refractivity contribution < 1.29 is 4.74 Å². The van der Waals surface area contributed by atoms with E-state index in [9.17, 15) is 0 Å². The van der Waals surface area contributed by atoms with Gasteiger partial charge in [0, 0.05) is 16.9 Å². The van der Waals surface area contributed by atoms with Gasteiger partial charge in [-0.25, -0.2) is 0 Å². The average molecular weight is 324 g/mol. The molecule has 1 aromatic carbocycles. The quantitative estimate of drug-likeness (QED) is 0.839. The van der Waals surface area contributed by atoms with E-state index >= 15 is 0 Å². The lowest BCUT2D eigenvalue weighted by Crippen LogP contribution is -2.22. The van der Waals surface area contributed by atoms with Gasteiger partial charge in [0.15, 0.2) is 0 Å². The fraction of sp³-hybridized carbons (Fsp3) is 0.625. The third-order valence-electron chi connectivity index (χ3n) is 4.41. The fourth-order valence-corrected chi connectivity index (χ4v) is 4.05. The van der Waals surface area contributed by atoms with Gasteiger partial charge >= 0.3 is 0 Å². The van der Waals surface area contributed by atoms with Gasteiger partial charge in [-0.3, -0.25) is 0 Å². The van der Waals surface area contributed by atoms with Crippen molar-refractivity contribution in [2.24, 2.45) is 11.7 Å². The van der Waals surface area contributed by atoms with Crippen molar-refractivity contribution in [2.75, 3.05) is 6.61 Å². The van der Waals surface area contributed by atoms with Crippen molar-refractivity contribution in [2.45, 2.75) is 51.0 Å². The van der Waals surface area contributed by atoms with E-state index in [1.54, 1.807) is 0 Å². The van der Waals surface area contributed by atoms with Crippen LogP contribution in [0.2, 0.25) is 0 Å². The number of ether oxygens (including phenoxy) is 1. The van der Waals surface area contributed by atoms with E-state index in [2.05, 4.69) is 28.1 Å². The summed E-state index contributed by atoms with van der Waals surface area (Å²) in [5.74, 6) is 1.88. The van der Waals surface area contributed by atoms with E-state index in [4.69, 9.17) is 10.5 Å². The van der Waals surface area contributed by atoms with Crippen LogP contribution in [0.15, 0.2) is 16.6 Å². The van der Waals surface area contributed by atoms with E-state index in [-0.39, 0.29) is 0 Å². The Morgan fingerprint density at radius 1 is 1.26 bits per heavy atom. The van der Waals surface area contributed by atoms with Gasteiger partial charge in [0.25, 0.3) is 0 Å². The highest BCUT2D eigenvalue weighted by molar-refractivity contribution is 9.10. The van der Waals surface area contributed by atoms with Gasteiger partial charge in [-0.2, -0.15) is 0 Å². The fourth-order valence-electron chi connectivity index (χ4n) is 3.50. The molecule has 0 radical (unpaired) electrons. The van der Waals surface area contributed by atoms with Crippen molar-refractivity contribution in [3.8, 4) is 5.75 Å². The first kappa shape index (κ1) is 13.4. The van der Waals surface area contributed by atoms with Gasteiger partial charge in [0.2, 0.25) is 0 Å². The molecule has 19 heavy (non-hydrogen) atoms. The Morgan fingerprint density at radius 3 is 3.00 bits per heavy atom. The molecule has 1 saturated carbocycles. The Hall–Kier alpha value is -0.540. The van der Waals surface area contributed by atoms with Gasteiger partial charge in [-0.15, -0.1) is 0 Å². The summed E-state index contributed by atoms with van der Waals surface area (Å²) in [7, 11) is 0. The second-order valence-corrected chi connectivity index (χ2v) is 6.92. The van der Waals surface area contributed by atoms with Crippen molar-refractivity contribution in [3.05, 3.63) is 27.7 Å². The second-order valence-electron chi connectivity index (χ2n) is 6.00. The molecule has 1 fully saturated rings. The van der Waals surface area contributed by atoms with E-state index in [1.807, 2.05) is 0 Å². The average Bonchev–Trinajstić information content (AvgIpc) is 2.73. The van der Waals surface area contributed by atoms with Crippen molar-refractivity contribution in [3.63, 3.8) is 0 Å². The van der Waals surface area contributed by atoms with E-state index in [0.717, 1.165) is 31.1 Å². The molecule has 0 saturated heterocycles. The number of hydrogen-bond acceptors (Lipinski definition) is 2. The van der Waals surface area contributed by atoms with Crippen LogP contribution in [0.5, 0.6) is 5.75 Å². The molecule has 0 aromatic heterocycles. The predicted molar refractivity (Wildman–Crippen MR) is 81.6 cm³/mol. The van der Waals surface area contributed by atoms with Crippen LogP contribution < -0.4 is 10.5 Å². The normalized spacial score (nSPS) is 26.6. The third-order valence-corrected chi connectivity index (χ3v) is 4.87. The molecular formula is C16H22BrNO. The lowest BCUT2D eigenvalue weighted by Gasteiger charge is -2.18. The molecule has 104 valence electrons. The minimum Gasteiger partial charge on any atom is -0.493 e. The standard InChI is InChI=1S/C16H22BrNO/c17-14-9-12-5-6-19-16(12)13(10-14)7-11-3-1-2-4-15(18)8-11/h9-11,15H,1-8,18H2. The van der Waals surface area contributed by atoms with Crippen LogP contribution in [-0.2, 0) is 12.8 Å². The maximum atomic E-state index is 6.18. The summed E-state index contributed by atoms with van der Waals surface area (Å²) >= 11 is 3.63. The first-order valence-electron chi connectivity index (χ1n) is 7.42. The summed E-state index contributed by atoms with van der Waals surface area (Å²) in [4.78, 5) is 0. The zero-order valence-corrected chi connectivity index (χ0v) is 12.9. The number of hydrogen-bond donors (Lipinski definition) is 1. The molecule has 3 rings (SSSR count). The van der Waals surface area contributed by atoms with E-state index in [1.165, 1.54) is 47.7 Å². The molecule has 1 aliphatic heterocycles. The van der Waals surface area contributed by atoms with Crippen LogP contribution in [0.1, 0.15) is 43.2 Å². The minimum atomic E-state index is 0.397. The molecule has 0 amide bonds. The lowest BCUT2D eigenvalue weighted by molar-refractivity contribution is 0.348. The predicted octanol–water partition coefficient (Wildman–Crippen LogP) is 3.83. The van der Waals surface area contributed by atoms with Gasteiger partial charge in [0.05, 0.1) is 6.61 Å². The summed E-state index contributed by atoms with van der Waals surface area (Å²) in [5, 5.41) is 0. The van der Waals surface area contributed by atoms with Crippen LogP contribution in [0.3, 0.4) is 0 Å². The van der Waals surface area contributed by atoms with Crippen molar-refractivity contribution in [1.82, 2.24) is 0 Å². The molecule has 0 bridgehead atoms. The SMILES string of the molecule is NC1CCCCC(Cc2cc(Br)cc3c2OCC3)C1. The Morgan fingerprint density at radius 2 is 2.11 bits per heavy atom. The van der Waals surface area contributed by atoms with Gasteiger partial charge in [-0.05, 0) is 48.4 Å². The molecule has 1 aliphatic carbocycles. The third kappa shape index (κ3) is 3.14. The molecule has 1 heterocycles. The molecule has 2 atom stereocenters. The number of halogens is 1. The van der Waals surface area contributed by atoms with Gasteiger partial charge < -0.3 is 10.5 Å². The van der Waals surface area contributed by atoms with E-state index < -0.39 is 0 Å². The molecule has 2 unspecified atom stereocenters. The summed E-state index contributed by atoms with van der Waals surface area (Å²) in [6.07, 6.45) is 8.47. The number of benzene rings is 1. The molecule has 2 N–H and O–H groups in total. The van der Waals surface area contributed by atoms with Gasteiger partial charge in [-0.1, -0.05) is 35.2 Å².